The molecule has 0 radical (unpaired) electrons. The summed E-state index contributed by atoms with van der Waals surface area (Å²) in [7, 11) is 0. The van der Waals surface area contributed by atoms with Gasteiger partial charge in [-0.2, -0.15) is 5.26 Å². The number of carbonyl (C=O) groups excluding carboxylic acids is 1. The normalized spacial score (nSPS) is 18.0. The largest absolute Gasteiger partial charge is 0.325 e. The lowest BCUT2D eigenvalue weighted by molar-refractivity contribution is -0.121. The van der Waals surface area contributed by atoms with Crippen molar-refractivity contribution in [2.24, 2.45) is 0 Å². The second kappa shape index (κ2) is 7.21. The summed E-state index contributed by atoms with van der Waals surface area (Å²) < 4.78 is 0. The number of hydrogen-bond acceptors (Lipinski definition) is 4. The first-order valence-electron chi connectivity index (χ1n) is 7.41. The van der Waals surface area contributed by atoms with Gasteiger partial charge in [0.15, 0.2) is 0 Å². The van der Waals surface area contributed by atoms with Crippen LogP contribution in [0.5, 0.6) is 0 Å². The van der Waals surface area contributed by atoms with Crippen LogP contribution in [-0.4, -0.2) is 54.5 Å². The van der Waals surface area contributed by atoms with Crippen molar-refractivity contribution in [1.82, 2.24) is 9.80 Å². The van der Waals surface area contributed by atoms with E-state index in [1.165, 1.54) is 0 Å². The standard InChI is InChI=1S/C16H22N4O/c1-3-19-7-9-20(10-8-19)13(2)16(21)18-15-6-4-5-14(11-15)12-17/h4-6,11,13H,3,7-10H2,1-2H3,(H,18,21). The number of likely N-dealkylation sites (N-methyl/N-ethyl adjacent to an activating group) is 1. The van der Waals surface area contributed by atoms with Gasteiger partial charge in [0.1, 0.15) is 0 Å². The van der Waals surface area contributed by atoms with Crippen molar-refractivity contribution in [1.29, 1.82) is 5.26 Å². The van der Waals surface area contributed by atoms with E-state index in [2.05, 4.69) is 28.1 Å². The molecule has 2 rings (SSSR count). The molecular formula is C16H22N4O. The van der Waals surface area contributed by atoms with E-state index < -0.39 is 0 Å². The van der Waals surface area contributed by atoms with Gasteiger partial charge in [0.25, 0.3) is 0 Å². The van der Waals surface area contributed by atoms with Crippen molar-refractivity contribution in [3.63, 3.8) is 0 Å². The van der Waals surface area contributed by atoms with Gasteiger partial charge < -0.3 is 10.2 Å². The van der Waals surface area contributed by atoms with Gasteiger partial charge in [-0.25, -0.2) is 0 Å². The molecule has 21 heavy (non-hydrogen) atoms. The fourth-order valence-corrected chi connectivity index (χ4v) is 2.55. The average Bonchev–Trinajstić information content (AvgIpc) is 2.54. The molecule has 5 heteroatoms. The van der Waals surface area contributed by atoms with Crippen LogP contribution in [0.4, 0.5) is 5.69 Å². The molecule has 1 N–H and O–H groups in total. The van der Waals surface area contributed by atoms with Crippen LogP contribution in [0.2, 0.25) is 0 Å². The van der Waals surface area contributed by atoms with Crippen molar-refractivity contribution < 1.29 is 4.79 Å². The summed E-state index contributed by atoms with van der Waals surface area (Å²) >= 11 is 0. The number of nitrogens with one attached hydrogen (secondary N) is 1. The lowest BCUT2D eigenvalue weighted by atomic mass is 10.2. The lowest BCUT2D eigenvalue weighted by Crippen LogP contribution is -2.52. The van der Waals surface area contributed by atoms with Gasteiger partial charge in [0, 0.05) is 31.9 Å². The Morgan fingerprint density at radius 2 is 2.10 bits per heavy atom. The molecule has 0 saturated carbocycles. The summed E-state index contributed by atoms with van der Waals surface area (Å²) in [5.74, 6) is -0.0185. The summed E-state index contributed by atoms with van der Waals surface area (Å²) in [6.07, 6.45) is 0. The molecule has 1 aromatic rings. The van der Waals surface area contributed by atoms with Crippen molar-refractivity contribution >= 4 is 11.6 Å². The molecule has 1 fully saturated rings. The molecule has 1 atom stereocenters. The van der Waals surface area contributed by atoms with Crippen LogP contribution in [0.1, 0.15) is 19.4 Å². The first kappa shape index (κ1) is 15.5. The Labute approximate surface area is 126 Å². The number of hydrogen-bond donors (Lipinski definition) is 1. The molecule has 5 nitrogen and oxygen atoms in total. The number of amides is 1. The zero-order valence-electron chi connectivity index (χ0n) is 12.7. The summed E-state index contributed by atoms with van der Waals surface area (Å²) in [6.45, 7) is 9.02. The SMILES string of the molecule is CCN1CCN(C(C)C(=O)Nc2cccc(C#N)c2)CC1. The molecule has 1 amide bonds. The van der Waals surface area contributed by atoms with Crippen LogP contribution in [-0.2, 0) is 4.79 Å². The third kappa shape index (κ3) is 4.03. The van der Waals surface area contributed by atoms with E-state index >= 15 is 0 Å². The Morgan fingerprint density at radius 1 is 1.38 bits per heavy atom. The molecule has 1 aliphatic rings. The maximum atomic E-state index is 12.3. The molecule has 0 aromatic heterocycles. The number of piperazine rings is 1. The fraction of sp³-hybridized carbons (Fsp3) is 0.500. The predicted octanol–water partition coefficient (Wildman–Crippen LogP) is 1.52. The summed E-state index contributed by atoms with van der Waals surface area (Å²) in [5.41, 5.74) is 1.23. The van der Waals surface area contributed by atoms with Crippen LogP contribution in [0, 0.1) is 11.3 Å². The number of carbonyl (C=O) groups is 1. The van der Waals surface area contributed by atoms with E-state index in [0.29, 0.717) is 11.3 Å². The highest BCUT2D eigenvalue weighted by molar-refractivity contribution is 5.94. The second-order valence-electron chi connectivity index (χ2n) is 5.33. The third-order valence-corrected chi connectivity index (χ3v) is 4.04. The minimum atomic E-state index is -0.158. The summed E-state index contributed by atoms with van der Waals surface area (Å²) in [5, 5.41) is 11.8. The quantitative estimate of drug-likeness (QED) is 0.912. The zero-order chi connectivity index (χ0) is 15.2. The molecule has 1 aliphatic heterocycles. The Kier molecular flexibility index (Phi) is 5.32. The Bertz CT molecular complexity index is 529. The zero-order valence-corrected chi connectivity index (χ0v) is 12.7. The molecule has 1 aromatic carbocycles. The Hall–Kier alpha value is -1.90. The van der Waals surface area contributed by atoms with E-state index in [0.717, 1.165) is 32.7 Å². The highest BCUT2D eigenvalue weighted by Gasteiger charge is 2.24. The van der Waals surface area contributed by atoms with Crippen molar-refractivity contribution in [2.45, 2.75) is 19.9 Å². The summed E-state index contributed by atoms with van der Waals surface area (Å²) in [6, 6.07) is 8.92. The maximum Gasteiger partial charge on any atom is 0.241 e. The van der Waals surface area contributed by atoms with E-state index in [1.807, 2.05) is 6.92 Å². The van der Waals surface area contributed by atoms with Crippen LogP contribution in [0.15, 0.2) is 24.3 Å². The van der Waals surface area contributed by atoms with Gasteiger partial charge >= 0.3 is 0 Å². The Balaban J connectivity index is 1.92. The van der Waals surface area contributed by atoms with Gasteiger partial charge in [-0.05, 0) is 31.7 Å². The molecule has 1 saturated heterocycles. The maximum absolute atomic E-state index is 12.3. The molecule has 1 unspecified atom stereocenters. The molecular weight excluding hydrogens is 264 g/mol. The fourth-order valence-electron chi connectivity index (χ4n) is 2.55. The van der Waals surface area contributed by atoms with Crippen LogP contribution >= 0.6 is 0 Å². The topological polar surface area (TPSA) is 59.4 Å². The lowest BCUT2D eigenvalue weighted by Gasteiger charge is -2.36. The molecule has 0 aliphatic carbocycles. The predicted molar refractivity (Wildman–Crippen MR) is 82.9 cm³/mol. The number of nitriles is 1. The molecule has 112 valence electrons. The van der Waals surface area contributed by atoms with Crippen molar-refractivity contribution in [3.8, 4) is 6.07 Å². The van der Waals surface area contributed by atoms with Gasteiger partial charge in [-0.15, -0.1) is 0 Å². The van der Waals surface area contributed by atoms with E-state index in [4.69, 9.17) is 5.26 Å². The van der Waals surface area contributed by atoms with Gasteiger partial charge in [0.2, 0.25) is 5.91 Å². The number of rotatable bonds is 4. The van der Waals surface area contributed by atoms with Crippen LogP contribution < -0.4 is 5.32 Å². The minimum absolute atomic E-state index is 0.0185. The first-order chi connectivity index (χ1) is 10.1. The highest BCUT2D eigenvalue weighted by Crippen LogP contribution is 2.12. The monoisotopic (exact) mass is 286 g/mol. The van der Waals surface area contributed by atoms with Crippen molar-refractivity contribution in [3.05, 3.63) is 29.8 Å². The molecule has 0 spiro atoms. The van der Waals surface area contributed by atoms with E-state index in [1.54, 1.807) is 24.3 Å². The third-order valence-electron chi connectivity index (χ3n) is 4.04. The smallest absolute Gasteiger partial charge is 0.241 e. The average molecular weight is 286 g/mol. The number of benzene rings is 1. The molecule has 0 bridgehead atoms. The van der Waals surface area contributed by atoms with Gasteiger partial charge in [-0.1, -0.05) is 13.0 Å². The van der Waals surface area contributed by atoms with E-state index in [9.17, 15) is 4.79 Å². The highest BCUT2D eigenvalue weighted by atomic mass is 16.2. The van der Waals surface area contributed by atoms with Crippen LogP contribution in [0.3, 0.4) is 0 Å². The molecule has 1 heterocycles. The summed E-state index contributed by atoms with van der Waals surface area (Å²) in [4.78, 5) is 16.9. The first-order valence-corrected chi connectivity index (χ1v) is 7.41. The van der Waals surface area contributed by atoms with Gasteiger partial charge in [-0.3, -0.25) is 9.69 Å². The van der Waals surface area contributed by atoms with Crippen molar-refractivity contribution in [2.75, 3.05) is 38.0 Å². The Morgan fingerprint density at radius 3 is 2.71 bits per heavy atom. The minimum Gasteiger partial charge on any atom is -0.325 e. The second-order valence-corrected chi connectivity index (χ2v) is 5.33. The van der Waals surface area contributed by atoms with Gasteiger partial charge in [0.05, 0.1) is 17.7 Å². The number of anilines is 1. The van der Waals surface area contributed by atoms with Crippen LogP contribution in [0.25, 0.3) is 0 Å². The number of nitrogens with zero attached hydrogens (tertiary/aromatic N) is 3. The van der Waals surface area contributed by atoms with E-state index in [-0.39, 0.29) is 11.9 Å².